The van der Waals surface area contributed by atoms with Crippen LogP contribution in [0.15, 0.2) is 18.2 Å². The molecule has 1 atom stereocenters. The van der Waals surface area contributed by atoms with Gasteiger partial charge in [0.2, 0.25) is 5.95 Å². The van der Waals surface area contributed by atoms with Crippen LogP contribution in [0.2, 0.25) is 0 Å². The Hall–Kier alpha value is -2.50. The number of ether oxygens (including phenoxy) is 1. The number of halogens is 1. The van der Waals surface area contributed by atoms with Crippen molar-refractivity contribution in [2.75, 3.05) is 5.73 Å². The third-order valence-corrected chi connectivity index (χ3v) is 5.34. The number of hydrogen-bond acceptors (Lipinski definition) is 5. The third-order valence-electron chi connectivity index (χ3n) is 5.34. The van der Waals surface area contributed by atoms with Crippen molar-refractivity contribution in [3.63, 3.8) is 0 Å². The number of Topliss-reactive ketones (excluding diaryl/α,β-unsaturated/α-hetero) is 1. The molecule has 26 heavy (non-hydrogen) atoms. The van der Waals surface area contributed by atoms with E-state index in [1.54, 1.807) is 13.0 Å². The molecule has 1 saturated carbocycles. The number of nitrogens with two attached hydrogens (primary N) is 1. The number of nitrogens with zero attached hydrogens (tertiary/aromatic N) is 2. The fraction of sp³-hybridized carbons (Fsp3) is 0.450. The number of fused-ring (bicyclic) bond motifs is 1. The fourth-order valence-electron chi connectivity index (χ4n) is 4.15. The Morgan fingerprint density at radius 2 is 1.96 bits per heavy atom. The molecule has 0 radical (unpaired) electrons. The number of carbonyl (C=O) groups excluding carboxylic acids is 1. The summed E-state index contributed by atoms with van der Waals surface area (Å²) in [5.74, 6) is 0.311. The van der Waals surface area contributed by atoms with Crippen LogP contribution in [0.25, 0.3) is 0 Å². The first-order valence-electron chi connectivity index (χ1n) is 9.13. The highest BCUT2D eigenvalue weighted by Gasteiger charge is 2.32. The van der Waals surface area contributed by atoms with Crippen molar-refractivity contribution in [1.82, 2.24) is 9.97 Å². The Bertz CT molecular complexity index is 862. The lowest BCUT2D eigenvalue weighted by Gasteiger charge is -2.26. The van der Waals surface area contributed by atoms with Gasteiger partial charge in [-0.05, 0) is 50.7 Å². The summed E-state index contributed by atoms with van der Waals surface area (Å²) in [6.07, 6.45) is 5.30. The molecule has 0 saturated heterocycles. The molecule has 1 unspecified atom stereocenters. The van der Waals surface area contributed by atoms with Gasteiger partial charge in [0.15, 0.2) is 5.78 Å². The van der Waals surface area contributed by atoms with Gasteiger partial charge in [-0.15, -0.1) is 0 Å². The molecular weight excluding hydrogens is 333 g/mol. The molecule has 0 spiro atoms. The molecule has 1 heterocycles. The average molecular weight is 355 g/mol. The topological polar surface area (TPSA) is 78.1 Å². The number of hydrogen-bond donors (Lipinski definition) is 1. The molecule has 2 aliphatic rings. The standard InChI is InChI=1S/C20H22FN3O2/c1-11-19-16(24-20(22)23-11)8-12(9-17(19)25)15-7-6-13(21)10-18(15)26-14-4-2-3-5-14/h6-7,10,12,14H,2-5,8-9H2,1H3,(H2,22,23,24). The molecule has 2 aromatic rings. The van der Waals surface area contributed by atoms with Crippen LogP contribution in [0.1, 0.15) is 65.3 Å². The van der Waals surface area contributed by atoms with Crippen LogP contribution in [0.4, 0.5) is 10.3 Å². The molecule has 6 heteroatoms. The van der Waals surface area contributed by atoms with Gasteiger partial charge in [0.25, 0.3) is 0 Å². The van der Waals surface area contributed by atoms with Crippen molar-refractivity contribution < 1.29 is 13.9 Å². The zero-order valence-electron chi connectivity index (χ0n) is 14.8. The van der Waals surface area contributed by atoms with Crippen LogP contribution in [-0.2, 0) is 6.42 Å². The molecule has 4 rings (SSSR count). The predicted molar refractivity (Wildman–Crippen MR) is 95.9 cm³/mol. The minimum absolute atomic E-state index is 0.00453. The summed E-state index contributed by atoms with van der Waals surface area (Å²) in [4.78, 5) is 21.1. The maximum atomic E-state index is 13.8. The van der Waals surface area contributed by atoms with Gasteiger partial charge >= 0.3 is 0 Å². The van der Waals surface area contributed by atoms with Gasteiger partial charge in [0.05, 0.1) is 23.1 Å². The van der Waals surface area contributed by atoms with Gasteiger partial charge in [-0.1, -0.05) is 6.07 Å². The molecule has 0 amide bonds. The van der Waals surface area contributed by atoms with Gasteiger partial charge in [0.1, 0.15) is 11.6 Å². The van der Waals surface area contributed by atoms with Crippen LogP contribution in [0.5, 0.6) is 5.75 Å². The molecular formula is C20H22FN3O2. The van der Waals surface area contributed by atoms with E-state index >= 15 is 0 Å². The van der Waals surface area contributed by atoms with E-state index in [1.807, 2.05) is 0 Å². The lowest BCUT2D eigenvalue weighted by molar-refractivity contribution is 0.0961. The summed E-state index contributed by atoms with van der Waals surface area (Å²) in [7, 11) is 0. The fourth-order valence-corrected chi connectivity index (χ4v) is 4.15. The van der Waals surface area contributed by atoms with Crippen molar-refractivity contribution in [1.29, 1.82) is 0 Å². The highest BCUT2D eigenvalue weighted by atomic mass is 19.1. The van der Waals surface area contributed by atoms with Crippen LogP contribution in [-0.4, -0.2) is 21.9 Å². The minimum atomic E-state index is -0.327. The van der Waals surface area contributed by atoms with Crippen molar-refractivity contribution in [2.24, 2.45) is 0 Å². The quantitative estimate of drug-likeness (QED) is 0.907. The van der Waals surface area contributed by atoms with Crippen LogP contribution < -0.4 is 10.5 Å². The molecule has 5 nitrogen and oxygen atoms in total. The van der Waals surface area contributed by atoms with Crippen molar-refractivity contribution in [3.05, 3.63) is 46.5 Å². The molecule has 1 aromatic carbocycles. The third kappa shape index (κ3) is 3.16. The van der Waals surface area contributed by atoms with Crippen LogP contribution >= 0.6 is 0 Å². The lowest BCUT2D eigenvalue weighted by atomic mass is 9.81. The number of ketones is 1. The molecule has 1 aromatic heterocycles. The maximum absolute atomic E-state index is 13.8. The summed E-state index contributed by atoms with van der Waals surface area (Å²) in [6, 6.07) is 4.60. The summed E-state index contributed by atoms with van der Waals surface area (Å²) in [5.41, 5.74) is 8.51. The molecule has 2 aliphatic carbocycles. The van der Waals surface area contributed by atoms with E-state index < -0.39 is 0 Å². The number of aromatic nitrogens is 2. The summed E-state index contributed by atoms with van der Waals surface area (Å²) in [5, 5.41) is 0. The molecule has 1 fully saturated rings. The number of benzene rings is 1. The van der Waals surface area contributed by atoms with Gasteiger partial charge in [0, 0.05) is 18.4 Å². The van der Waals surface area contributed by atoms with Crippen molar-refractivity contribution in [2.45, 2.75) is 57.5 Å². The molecule has 0 aliphatic heterocycles. The summed E-state index contributed by atoms with van der Waals surface area (Å²) >= 11 is 0. The lowest BCUT2D eigenvalue weighted by Crippen LogP contribution is -2.24. The Morgan fingerprint density at radius 1 is 1.19 bits per heavy atom. The second-order valence-electron chi connectivity index (χ2n) is 7.22. The molecule has 0 bridgehead atoms. The van der Waals surface area contributed by atoms with E-state index in [0.717, 1.165) is 31.2 Å². The van der Waals surface area contributed by atoms with E-state index in [4.69, 9.17) is 10.5 Å². The predicted octanol–water partition coefficient (Wildman–Crippen LogP) is 3.74. The van der Waals surface area contributed by atoms with Crippen molar-refractivity contribution >= 4 is 11.7 Å². The second-order valence-corrected chi connectivity index (χ2v) is 7.22. The van der Waals surface area contributed by atoms with Crippen molar-refractivity contribution in [3.8, 4) is 5.75 Å². The Morgan fingerprint density at radius 3 is 2.73 bits per heavy atom. The molecule has 136 valence electrons. The van der Waals surface area contributed by atoms with E-state index in [-0.39, 0.29) is 29.6 Å². The Kier molecular flexibility index (Phi) is 4.34. The molecule has 2 N–H and O–H groups in total. The second kappa shape index (κ2) is 6.67. The first kappa shape index (κ1) is 16.9. The number of carbonyl (C=O) groups is 1. The largest absolute Gasteiger partial charge is 0.490 e. The Labute approximate surface area is 151 Å². The van der Waals surface area contributed by atoms with Crippen LogP contribution in [0.3, 0.4) is 0 Å². The first-order chi connectivity index (χ1) is 12.5. The zero-order chi connectivity index (χ0) is 18.3. The summed E-state index contributed by atoms with van der Waals surface area (Å²) < 4.78 is 19.9. The highest BCUT2D eigenvalue weighted by Crippen LogP contribution is 2.39. The minimum Gasteiger partial charge on any atom is -0.490 e. The zero-order valence-corrected chi connectivity index (χ0v) is 14.8. The van der Waals surface area contributed by atoms with E-state index in [9.17, 15) is 9.18 Å². The van der Waals surface area contributed by atoms with Crippen LogP contribution in [0, 0.1) is 12.7 Å². The highest BCUT2D eigenvalue weighted by molar-refractivity contribution is 5.99. The monoisotopic (exact) mass is 355 g/mol. The van der Waals surface area contributed by atoms with E-state index in [0.29, 0.717) is 35.5 Å². The first-order valence-corrected chi connectivity index (χ1v) is 9.13. The SMILES string of the molecule is Cc1nc(N)nc2c1C(=O)CC(c1ccc(F)cc1OC1CCCC1)C2. The average Bonchev–Trinajstić information content (AvgIpc) is 3.06. The van der Waals surface area contributed by atoms with Gasteiger partial charge < -0.3 is 10.5 Å². The number of anilines is 1. The van der Waals surface area contributed by atoms with Gasteiger partial charge in [-0.2, -0.15) is 0 Å². The number of rotatable bonds is 3. The normalized spacial score (nSPS) is 20.2. The Balaban J connectivity index is 1.68. The number of nitrogen functional groups attached to an aromatic ring is 1. The van der Waals surface area contributed by atoms with E-state index in [1.165, 1.54) is 12.1 Å². The maximum Gasteiger partial charge on any atom is 0.220 e. The van der Waals surface area contributed by atoms with E-state index in [2.05, 4.69) is 9.97 Å². The summed E-state index contributed by atoms with van der Waals surface area (Å²) in [6.45, 7) is 1.78. The smallest absolute Gasteiger partial charge is 0.220 e. The number of aryl methyl sites for hydroxylation is 1. The van der Waals surface area contributed by atoms with Gasteiger partial charge in [-0.25, -0.2) is 14.4 Å². The van der Waals surface area contributed by atoms with Gasteiger partial charge in [-0.3, -0.25) is 4.79 Å².